The summed E-state index contributed by atoms with van der Waals surface area (Å²) in [6, 6.07) is 63.4. The third-order valence-electron chi connectivity index (χ3n) is 8.51. The van der Waals surface area contributed by atoms with Crippen LogP contribution in [0.3, 0.4) is 0 Å². The Labute approximate surface area is 255 Å². The number of rotatable bonds is 6. The molecule has 0 aliphatic rings. The largest absolute Gasteiger partial charge is 0.0616 e. The van der Waals surface area contributed by atoms with Crippen LogP contribution in [-0.2, 0) is 0 Å². The molecule has 0 fully saturated rings. The van der Waals surface area contributed by atoms with Gasteiger partial charge in [-0.05, 0) is 80.2 Å². The van der Waals surface area contributed by atoms with Gasteiger partial charge >= 0.3 is 0 Å². The fourth-order valence-electron chi connectivity index (χ4n) is 6.48. The summed E-state index contributed by atoms with van der Waals surface area (Å²) < 4.78 is 0. The summed E-state index contributed by atoms with van der Waals surface area (Å²) in [6.45, 7) is 0. The van der Waals surface area contributed by atoms with E-state index in [-0.39, 0.29) is 0 Å². The Morgan fingerprint density at radius 3 is 0.767 bits per heavy atom. The maximum atomic E-state index is 2.40. The molecule has 8 aromatic rings. The Morgan fingerprint density at radius 1 is 0.256 bits per heavy atom. The maximum Gasteiger partial charge on any atom is 0.00414 e. The van der Waals surface area contributed by atoms with Gasteiger partial charge in [0.2, 0.25) is 0 Å². The van der Waals surface area contributed by atoms with Gasteiger partial charge in [-0.2, -0.15) is 0 Å². The second-order valence-electron chi connectivity index (χ2n) is 11.0. The number of hydrogen-bond acceptors (Lipinski definition) is 0. The van der Waals surface area contributed by atoms with E-state index < -0.39 is 15.8 Å². The van der Waals surface area contributed by atoms with Crippen molar-refractivity contribution in [3.63, 3.8) is 0 Å². The molecule has 0 amide bonds. The summed E-state index contributed by atoms with van der Waals surface area (Å²) in [4.78, 5) is 0. The van der Waals surface area contributed by atoms with Crippen molar-refractivity contribution in [1.82, 2.24) is 0 Å². The second-order valence-corrected chi connectivity index (χ2v) is 15.8. The summed E-state index contributed by atoms with van der Waals surface area (Å²) in [6.07, 6.45) is 0. The predicted molar refractivity (Wildman–Crippen MR) is 193 cm³/mol. The lowest BCUT2D eigenvalue weighted by Crippen LogP contribution is -2.21. The van der Waals surface area contributed by atoms with Gasteiger partial charge in [-0.1, -0.05) is 170 Å². The van der Waals surface area contributed by atoms with Crippen LogP contribution in [0.5, 0.6) is 0 Å². The van der Waals surface area contributed by atoms with Crippen LogP contribution in [0.25, 0.3) is 43.1 Å². The Balaban J connectivity index is 1.42. The molecule has 8 rings (SSSR count). The van der Waals surface area contributed by atoms with Crippen LogP contribution in [0.15, 0.2) is 170 Å². The van der Waals surface area contributed by atoms with Crippen molar-refractivity contribution >= 4 is 80.2 Å². The van der Waals surface area contributed by atoms with Crippen molar-refractivity contribution in [2.45, 2.75) is 0 Å². The third-order valence-corrected chi connectivity index (χ3v) is 14.7. The molecule has 0 N–H and O–H groups in total. The van der Waals surface area contributed by atoms with Crippen molar-refractivity contribution in [1.29, 1.82) is 0 Å². The average Bonchev–Trinajstić information content (AvgIpc) is 3.08. The Bertz CT molecular complexity index is 1910. The van der Waals surface area contributed by atoms with Crippen LogP contribution in [-0.4, -0.2) is 5.90 Å². The molecule has 0 aliphatic heterocycles. The number of benzene rings is 8. The molecule has 0 atom stereocenters. The highest BCUT2D eigenvalue weighted by molar-refractivity contribution is 7.89. The zero-order chi connectivity index (χ0) is 28.6. The SMILES string of the molecule is c1ccc2c(P(CP(c3cccc4ccccc34)c3cccc4ccccc34)c3cccc4ccccc34)cccc2c1. The first kappa shape index (κ1) is 26.3. The maximum absolute atomic E-state index is 2.40. The van der Waals surface area contributed by atoms with Crippen LogP contribution in [0.2, 0.25) is 0 Å². The Morgan fingerprint density at radius 2 is 0.488 bits per heavy atom. The normalized spacial score (nSPS) is 11.8. The highest BCUT2D eigenvalue weighted by Gasteiger charge is 2.27. The van der Waals surface area contributed by atoms with E-state index in [2.05, 4.69) is 170 Å². The molecular weight excluding hydrogens is 554 g/mol. The lowest BCUT2D eigenvalue weighted by molar-refractivity contribution is 1.76. The summed E-state index contributed by atoms with van der Waals surface area (Å²) >= 11 is 0. The monoisotopic (exact) mass is 584 g/mol. The zero-order valence-corrected chi connectivity index (χ0v) is 25.6. The summed E-state index contributed by atoms with van der Waals surface area (Å²) in [5.74, 6) is 1.08. The molecule has 0 aromatic heterocycles. The first-order valence-electron chi connectivity index (χ1n) is 14.8. The third kappa shape index (κ3) is 4.82. The van der Waals surface area contributed by atoms with E-state index in [0.29, 0.717) is 0 Å². The van der Waals surface area contributed by atoms with E-state index in [1.807, 2.05) is 0 Å². The summed E-state index contributed by atoms with van der Waals surface area (Å²) in [7, 11) is -1.44. The predicted octanol–water partition coefficient (Wildman–Crippen LogP) is 9.82. The quantitative estimate of drug-likeness (QED) is 0.171. The Kier molecular flexibility index (Phi) is 6.97. The van der Waals surface area contributed by atoms with Gasteiger partial charge in [0.05, 0.1) is 0 Å². The van der Waals surface area contributed by atoms with E-state index in [4.69, 9.17) is 0 Å². The molecule has 0 saturated carbocycles. The molecule has 0 radical (unpaired) electrons. The first-order chi connectivity index (χ1) is 21.3. The van der Waals surface area contributed by atoms with Gasteiger partial charge < -0.3 is 0 Å². The smallest absolute Gasteiger partial charge is 0.00414 e. The van der Waals surface area contributed by atoms with Gasteiger partial charge in [0, 0.05) is 5.90 Å². The van der Waals surface area contributed by atoms with Gasteiger partial charge in [0.15, 0.2) is 0 Å². The van der Waals surface area contributed by atoms with Crippen molar-refractivity contribution < 1.29 is 0 Å². The van der Waals surface area contributed by atoms with Gasteiger partial charge in [0.1, 0.15) is 0 Å². The summed E-state index contributed by atoms with van der Waals surface area (Å²) in [5.41, 5.74) is 0. The van der Waals surface area contributed by atoms with Crippen molar-refractivity contribution in [2.75, 3.05) is 5.90 Å². The van der Waals surface area contributed by atoms with Crippen molar-refractivity contribution in [2.24, 2.45) is 0 Å². The second kappa shape index (κ2) is 11.4. The van der Waals surface area contributed by atoms with Crippen LogP contribution < -0.4 is 21.2 Å². The molecule has 2 heteroatoms. The van der Waals surface area contributed by atoms with Crippen LogP contribution in [0, 0.1) is 0 Å². The van der Waals surface area contributed by atoms with Gasteiger partial charge in [-0.25, -0.2) is 0 Å². The van der Waals surface area contributed by atoms with E-state index in [1.165, 1.54) is 64.3 Å². The van der Waals surface area contributed by atoms with Crippen molar-refractivity contribution in [3.05, 3.63) is 170 Å². The molecule has 0 nitrogen and oxygen atoms in total. The van der Waals surface area contributed by atoms with Gasteiger partial charge in [-0.15, -0.1) is 0 Å². The Hall–Kier alpha value is -4.34. The van der Waals surface area contributed by atoms with E-state index in [1.54, 1.807) is 0 Å². The van der Waals surface area contributed by atoms with Crippen LogP contribution >= 0.6 is 15.8 Å². The minimum Gasteiger partial charge on any atom is -0.0616 e. The molecule has 0 saturated heterocycles. The average molecular weight is 585 g/mol. The standard InChI is InChI=1S/C41H30P2/c1-5-21-34-30(13-1)17-9-25-38(34)42(39-26-10-18-31-14-2-6-22-35(31)39)29-43(40-27-11-19-32-15-3-7-23-36(32)40)41-28-12-20-33-16-4-8-24-37(33)41/h1-28H,29H2. The first-order valence-corrected chi connectivity index (χ1v) is 17.9. The molecule has 0 bridgehead atoms. The molecule has 43 heavy (non-hydrogen) atoms. The highest BCUT2D eigenvalue weighted by Crippen LogP contribution is 2.52. The molecule has 0 unspecified atom stereocenters. The highest BCUT2D eigenvalue weighted by atomic mass is 31.2. The van der Waals surface area contributed by atoms with Crippen molar-refractivity contribution in [3.8, 4) is 0 Å². The summed E-state index contributed by atoms with van der Waals surface area (Å²) in [5, 5.41) is 16.6. The van der Waals surface area contributed by atoms with Crippen LogP contribution in [0.1, 0.15) is 0 Å². The lowest BCUT2D eigenvalue weighted by Gasteiger charge is -2.29. The van der Waals surface area contributed by atoms with E-state index in [0.717, 1.165) is 5.90 Å². The topological polar surface area (TPSA) is 0 Å². The fraction of sp³-hybridized carbons (Fsp3) is 0.0244. The lowest BCUT2D eigenvalue weighted by atomic mass is 10.1. The molecule has 204 valence electrons. The fourth-order valence-corrected chi connectivity index (χ4v) is 13.6. The molecule has 0 spiro atoms. The molecule has 8 aromatic carbocycles. The van der Waals surface area contributed by atoms with E-state index in [9.17, 15) is 0 Å². The van der Waals surface area contributed by atoms with E-state index >= 15 is 0 Å². The number of hydrogen-bond donors (Lipinski definition) is 0. The number of fused-ring (bicyclic) bond motifs is 4. The van der Waals surface area contributed by atoms with Gasteiger partial charge in [0.25, 0.3) is 0 Å². The minimum absolute atomic E-state index is 0.719. The van der Waals surface area contributed by atoms with Crippen LogP contribution in [0.4, 0.5) is 0 Å². The molecular formula is C41H30P2. The minimum atomic E-state index is -0.719. The zero-order valence-electron chi connectivity index (χ0n) is 23.8. The molecule has 0 heterocycles. The van der Waals surface area contributed by atoms with Gasteiger partial charge in [-0.3, -0.25) is 0 Å². The molecule has 0 aliphatic carbocycles.